The van der Waals surface area contributed by atoms with E-state index in [1.165, 1.54) is 13.2 Å². The van der Waals surface area contributed by atoms with Crippen LogP contribution in [0, 0.1) is 19.7 Å². The molecule has 0 aliphatic rings. The molecule has 24 heavy (non-hydrogen) atoms. The minimum Gasteiger partial charge on any atom is -0.494 e. The molecule has 1 unspecified atom stereocenters. The fourth-order valence-corrected chi connectivity index (χ4v) is 2.65. The number of amides is 1. The van der Waals surface area contributed by atoms with Gasteiger partial charge in [-0.2, -0.15) is 0 Å². The van der Waals surface area contributed by atoms with Crippen LogP contribution in [-0.2, 0) is 11.3 Å². The number of nitrogens with one attached hydrogen (secondary N) is 2. The third kappa shape index (κ3) is 4.80. The van der Waals surface area contributed by atoms with Gasteiger partial charge in [0.25, 0.3) is 5.91 Å². The first kappa shape index (κ1) is 17.9. The largest absolute Gasteiger partial charge is 0.494 e. The summed E-state index contributed by atoms with van der Waals surface area (Å²) in [6.45, 7) is 4.85. The van der Waals surface area contributed by atoms with Crippen molar-refractivity contribution in [3.63, 3.8) is 0 Å². The number of carbonyl (C=O) groups is 1. The Kier molecular flexibility index (Phi) is 5.93. The van der Waals surface area contributed by atoms with Crippen LogP contribution in [0.3, 0.4) is 0 Å². The van der Waals surface area contributed by atoms with Crippen LogP contribution in [0.15, 0.2) is 36.4 Å². The molecule has 2 aromatic rings. The molecule has 5 heteroatoms. The SMILES string of the molecule is COc1ccc(C[NH+](C)CC(=O)Nc2ccc(C)cc2C)cc1F. The average molecular weight is 331 g/mol. The Hall–Kier alpha value is -2.40. The Morgan fingerprint density at radius 3 is 2.58 bits per heavy atom. The summed E-state index contributed by atoms with van der Waals surface area (Å²) in [5.74, 6) is -0.222. The molecule has 0 heterocycles. The maximum atomic E-state index is 13.7. The van der Waals surface area contributed by atoms with E-state index < -0.39 is 0 Å². The zero-order chi connectivity index (χ0) is 17.7. The van der Waals surface area contributed by atoms with Gasteiger partial charge in [0.2, 0.25) is 0 Å². The normalized spacial score (nSPS) is 11.9. The van der Waals surface area contributed by atoms with Crippen molar-refractivity contribution in [2.45, 2.75) is 20.4 Å². The van der Waals surface area contributed by atoms with Crippen molar-refractivity contribution in [2.75, 3.05) is 26.0 Å². The predicted molar refractivity (Wildman–Crippen MR) is 93.0 cm³/mol. The van der Waals surface area contributed by atoms with Crippen LogP contribution in [0.5, 0.6) is 5.75 Å². The zero-order valence-electron chi connectivity index (χ0n) is 14.6. The number of hydrogen-bond donors (Lipinski definition) is 2. The number of likely N-dealkylation sites (N-methyl/N-ethyl adjacent to an activating group) is 1. The number of quaternary nitrogens is 1. The Morgan fingerprint density at radius 1 is 1.21 bits per heavy atom. The van der Waals surface area contributed by atoms with E-state index in [1.807, 2.05) is 45.2 Å². The lowest BCUT2D eigenvalue weighted by atomic mass is 10.1. The van der Waals surface area contributed by atoms with Gasteiger partial charge < -0.3 is 15.0 Å². The monoisotopic (exact) mass is 331 g/mol. The second-order valence-electron chi connectivity index (χ2n) is 6.15. The van der Waals surface area contributed by atoms with Gasteiger partial charge >= 0.3 is 0 Å². The summed E-state index contributed by atoms with van der Waals surface area (Å²) in [5, 5.41) is 2.93. The summed E-state index contributed by atoms with van der Waals surface area (Å²) >= 11 is 0. The number of aryl methyl sites for hydroxylation is 2. The molecule has 1 amide bonds. The van der Waals surface area contributed by atoms with Crippen LogP contribution in [-0.4, -0.2) is 26.6 Å². The summed E-state index contributed by atoms with van der Waals surface area (Å²) in [6.07, 6.45) is 0. The summed E-state index contributed by atoms with van der Waals surface area (Å²) in [4.78, 5) is 13.2. The molecule has 2 rings (SSSR count). The van der Waals surface area contributed by atoms with E-state index in [9.17, 15) is 9.18 Å². The van der Waals surface area contributed by atoms with Crippen molar-refractivity contribution in [2.24, 2.45) is 0 Å². The Bertz CT molecular complexity index is 731. The van der Waals surface area contributed by atoms with Crippen molar-refractivity contribution < 1.29 is 18.8 Å². The molecule has 128 valence electrons. The molecular weight excluding hydrogens is 307 g/mol. The number of ether oxygens (including phenoxy) is 1. The van der Waals surface area contributed by atoms with Crippen LogP contribution in [0.1, 0.15) is 16.7 Å². The van der Waals surface area contributed by atoms with E-state index in [1.54, 1.807) is 6.07 Å². The second kappa shape index (κ2) is 7.93. The minimum atomic E-state index is -0.387. The third-order valence-corrected chi connectivity index (χ3v) is 3.84. The van der Waals surface area contributed by atoms with Gasteiger partial charge in [-0.1, -0.05) is 17.7 Å². The molecule has 0 radical (unpaired) electrons. The molecule has 0 spiro atoms. The summed E-state index contributed by atoms with van der Waals surface area (Å²) in [7, 11) is 3.34. The molecule has 0 fully saturated rings. The topological polar surface area (TPSA) is 42.8 Å². The minimum absolute atomic E-state index is 0.0616. The fourth-order valence-electron chi connectivity index (χ4n) is 2.65. The first-order valence-electron chi connectivity index (χ1n) is 7.90. The molecule has 0 aliphatic carbocycles. The predicted octanol–water partition coefficient (Wildman–Crippen LogP) is 2.10. The highest BCUT2D eigenvalue weighted by molar-refractivity contribution is 5.92. The van der Waals surface area contributed by atoms with Crippen LogP contribution in [0.2, 0.25) is 0 Å². The molecule has 0 saturated heterocycles. The van der Waals surface area contributed by atoms with Crippen LogP contribution in [0.25, 0.3) is 0 Å². The van der Waals surface area contributed by atoms with Crippen molar-refractivity contribution in [3.8, 4) is 5.75 Å². The number of carbonyl (C=O) groups excluding carboxylic acids is 1. The van der Waals surface area contributed by atoms with E-state index in [-0.39, 0.29) is 17.5 Å². The van der Waals surface area contributed by atoms with Crippen molar-refractivity contribution >= 4 is 11.6 Å². The third-order valence-electron chi connectivity index (χ3n) is 3.84. The highest BCUT2D eigenvalue weighted by Gasteiger charge is 2.13. The average Bonchev–Trinajstić information content (AvgIpc) is 2.50. The Labute approximate surface area is 142 Å². The number of benzene rings is 2. The first-order valence-corrected chi connectivity index (χ1v) is 7.90. The Balaban J connectivity index is 1.92. The zero-order valence-corrected chi connectivity index (χ0v) is 14.6. The molecule has 4 nitrogen and oxygen atoms in total. The number of rotatable bonds is 6. The maximum absolute atomic E-state index is 13.7. The molecule has 0 aliphatic heterocycles. The van der Waals surface area contributed by atoms with E-state index >= 15 is 0 Å². The van der Waals surface area contributed by atoms with Gasteiger partial charge in [-0.15, -0.1) is 0 Å². The quantitative estimate of drug-likeness (QED) is 0.851. The lowest BCUT2D eigenvalue weighted by Crippen LogP contribution is -3.08. The van der Waals surface area contributed by atoms with Gasteiger partial charge in [-0.25, -0.2) is 4.39 Å². The lowest BCUT2D eigenvalue weighted by molar-refractivity contribution is -0.885. The molecule has 1 atom stereocenters. The van der Waals surface area contributed by atoms with Crippen LogP contribution in [0.4, 0.5) is 10.1 Å². The van der Waals surface area contributed by atoms with Crippen LogP contribution < -0.4 is 15.0 Å². The second-order valence-corrected chi connectivity index (χ2v) is 6.15. The smallest absolute Gasteiger partial charge is 0.279 e. The van der Waals surface area contributed by atoms with Gasteiger partial charge in [0.15, 0.2) is 18.1 Å². The van der Waals surface area contributed by atoms with Crippen molar-refractivity contribution in [1.29, 1.82) is 0 Å². The van der Waals surface area contributed by atoms with Crippen LogP contribution >= 0.6 is 0 Å². The summed E-state index contributed by atoms with van der Waals surface area (Å²) < 4.78 is 18.6. The summed E-state index contributed by atoms with van der Waals surface area (Å²) in [6, 6.07) is 10.8. The molecule has 2 N–H and O–H groups in total. The molecule has 0 saturated carbocycles. The van der Waals surface area contributed by atoms with E-state index in [0.29, 0.717) is 13.1 Å². The summed E-state index contributed by atoms with van der Waals surface area (Å²) in [5.41, 5.74) is 3.85. The maximum Gasteiger partial charge on any atom is 0.279 e. The highest BCUT2D eigenvalue weighted by atomic mass is 19.1. The van der Waals surface area contributed by atoms with Crippen molar-refractivity contribution in [3.05, 3.63) is 58.9 Å². The standard InChI is InChI=1S/C19H23FN2O2/c1-13-5-7-17(14(2)9-13)21-19(23)12-22(3)11-15-6-8-18(24-4)16(20)10-15/h5-10H,11-12H2,1-4H3,(H,21,23)/p+1. The van der Waals surface area contributed by atoms with E-state index in [2.05, 4.69) is 5.32 Å². The first-order chi connectivity index (χ1) is 11.4. The highest BCUT2D eigenvalue weighted by Crippen LogP contribution is 2.17. The van der Waals surface area contributed by atoms with Crippen molar-refractivity contribution in [1.82, 2.24) is 0 Å². The van der Waals surface area contributed by atoms with Gasteiger partial charge in [0.1, 0.15) is 6.54 Å². The molecule has 0 bridgehead atoms. The van der Waals surface area contributed by atoms with Gasteiger partial charge in [-0.05, 0) is 43.7 Å². The van der Waals surface area contributed by atoms with Gasteiger partial charge in [0.05, 0.1) is 14.2 Å². The number of halogens is 1. The molecule has 2 aromatic carbocycles. The van der Waals surface area contributed by atoms with E-state index in [0.717, 1.165) is 27.3 Å². The van der Waals surface area contributed by atoms with E-state index in [4.69, 9.17) is 4.74 Å². The molecule has 0 aromatic heterocycles. The number of anilines is 1. The Morgan fingerprint density at radius 2 is 1.96 bits per heavy atom. The van der Waals surface area contributed by atoms with Gasteiger partial charge in [0, 0.05) is 11.3 Å². The van der Waals surface area contributed by atoms with Gasteiger partial charge in [-0.3, -0.25) is 4.79 Å². The number of hydrogen-bond acceptors (Lipinski definition) is 2. The fraction of sp³-hybridized carbons (Fsp3) is 0.316. The lowest BCUT2D eigenvalue weighted by Gasteiger charge is -2.15. The number of methoxy groups -OCH3 is 1. The molecular formula is C19H24FN2O2+.